The van der Waals surface area contributed by atoms with Gasteiger partial charge in [0.25, 0.3) is 11.5 Å². The summed E-state index contributed by atoms with van der Waals surface area (Å²) in [5.41, 5.74) is 2.32. The van der Waals surface area contributed by atoms with Gasteiger partial charge in [0.1, 0.15) is 0 Å². The van der Waals surface area contributed by atoms with Gasteiger partial charge in [0.05, 0.1) is 11.4 Å². The van der Waals surface area contributed by atoms with Crippen molar-refractivity contribution in [3.63, 3.8) is 0 Å². The zero-order valence-electron chi connectivity index (χ0n) is 15.7. The highest BCUT2D eigenvalue weighted by Crippen LogP contribution is 2.28. The number of carbonyl (C=O) groups excluding carboxylic acids is 1. The summed E-state index contributed by atoms with van der Waals surface area (Å²) in [6.07, 6.45) is 2.97. The number of hydrogen-bond acceptors (Lipinski definition) is 3. The minimum atomic E-state index is -0.159. The molecule has 0 saturated carbocycles. The molecule has 2 aromatic carbocycles. The van der Waals surface area contributed by atoms with Crippen molar-refractivity contribution >= 4 is 22.4 Å². The van der Waals surface area contributed by atoms with Gasteiger partial charge in [-0.05, 0) is 50.8 Å². The van der Waals surface area contributed by atoms with E-state index in [1.807, 2.05) is 55.1 Å². The Morgan fingerprint density at radius 1 is 1.00 bits per heavy atom. The molecule has 4 rings (SSSR count). The van der Waals surface area contributed by atoms with E-state index in [1.165, 1.54) is 10.2 Å². The van der Waals surface area contributed by atoms with Crippen molar-refractivity contribution in [2.75, 3.05) is 11.4 Å². The number of rotatable bonds is 2. The van der Waals surface area contributed by atoms with E-state index in [9.17, 15) is 9.59 Å². The molecule has 3 aromatic rings. The van der Waals surface area contributed by atoms with Gasteiger partial charge >= 0.3 is 0 Å². The minimum Gasteiger partial charge on any atom is -0.307 e. The number of anilines is 1. The largest absolute Gasteiger partial charge is 0.307 e. The number of aryl methyl sites for hydroxylation is 1. The molecule has 1 aromatic heterocycles. The fraction of sp³-hybridized carbons (Fsp3) is 0.318. The second kappa shape index (κ2) is 6.99. The Kier molecular flexibility index (Phi) is 4.52. The van der Waals surface area contributed by atoms with Crippen LogP contribution in [0.5, 0.6) is 0 Å². The van der Waals surface area contributed by atoms with E-state index in [0.29, 0.717) is 23.0 Å². The molecule has 0 radical (unpaired) electrons. The van der Waals surface area contributed by atoms with E-state index in [4.69, 9.17) is 0 Å². The van der Waals surface area contributed by atoms with Gasteiger partial charge in [-0.15, -0.1) is 0 Å². The zero-order valence-corrected chi connectivity index (χ0v) is 15.7. The Hall–Kier alpha value is -2.95. The number of fused-ring (bicyclic) bond motifs is 2. The van der Waals surface area contributed by atoms with E-state index >= 15 is 0 Å². The van der Waals surface area contributed by atoms with Crippen LogP contribution < -0.4 is 10.5 Å². The summed E-state index contributed by atoms with van der Waals surface area (Å²) in [6, 6.07) is 15.2. The Labute approximate surface area is 158 Å². The predicted molar refractivity (Wildman–Crippen MR) is 107 cm³/mol. The van der Waals surface area contributed by atoms with Gasteiger partial charge in [-0.2, -0.15) is 5.10 Å². The molecule has 0 saturated heterocycles. The molecule has 27 heavy (non-hydrogen) atoms. The molecule has 0 fully saturated rings. The lowest BCUT2D eigenvalue weighted by Gasteiger charge is -2.23. The summed E-state index contributed by atoms with van der Waals surface area (Å²) in [7, 11) is 0. The summed E-state index contributed by atoms with van der Waals surface area (Å²) in [5, 5.41) is 5.64. The molecular weight excluding hydrogens is 338 g/mol. The van der Waals surface area contributed by atoms with Crippen LogP contribution in [0, 0.1) is 0 Å². The van der Waals surface area contributed by atoms with E-state index in [-0.39, 0.29) is 17.5 Å². The number of carbonyl (C=O) groups is 1. The van der Waals surface area contributed by atoms with Crippen LogP contribution in [0.15, 0.2) is 53.3 Å². The smallest absolute Gasteiger partial charge is 0.279 e. The first-order valence-electron chi connectivity index (χ1n) is 9.49. The van der Waals surface area contributed by atoms with Crippen molar-refractivity contribution in [1.82, 2.24) is 9.78 Å². The van der Waals surface area contributed by atoms with Gasteiger partial charge in [0.2, 0.25) is 0 Å². The third-order valence-corrected chi connectivity index (χ3v) is 5.13. The molecule has 0 N–H and O–H groups in total. The second-order valence-corrected chi connectivity index (χ2v) is 7.28. The molecule has 1 aliphatic rings. The Morgan fingerprint density at radius 3 is 2.48 bits per heavy atom. The van der Waals surface area contributed by atoms with Crippen molar-refractivity contribution in [2.45, 2.75) is 39.2 Å². The lowest BCUT2D eigenvalue weighted by Crippen LogP contribution is -2.35. The topological polar surface area (TPSA) is 55.2 Å². The lowest BCUT2D eigenvalue weighted by molar-refractivity contribution is 0.0981. The molecule has 0 aliphatic carbocycles. The second-order valence-electron chi connectivity index (χ2n) is 7.28. The first-order valence-corrected chi connectivity index (χ1v) is 9.49. The van der Waals surface area contributed by atoms with Gasteiger partial charge in [-0.25, -0.2) is 4.68 Å². The van der Waals surface area contributed by atoms with Crippen molar-refractivity contribution in [1.29, 1.82) is 0 Å². The fourth-order valence-corrected chi connectivity index (χ4v) is 3.74. The van der Waals surface area contributed by atoms with Gasteiger partial charge < -0.3 is 4.90 Å². The van der Waals surface area contributed by atoms with Crippen LogP contribution in [0.3, 0.4) is 0 Å². The van der Waals surface area contributed by atoms with Crippen molar-refractivity contribution in [3.8, 4) is 0 Å². The summed E-state index contributed by atoms with van der Waals surface area (Å²) < 4.78 is 1.42. The van der Waals surface area contributed by atoms with Crippen molar-refractivity contribution < 1.29 is 4.79 Å². The van der Waals surface area contributed by atoms with Gasteiger partial charge in [0.15, 0.2) is 5.69 Å². The molecule has 1 amide bonds. The van der Waals surface area contributed by atoms with Crippen LogP contribution in [0.2, 0.25) is 0 Å². The average Bonchev–Trinajstić information content (AvgIpc) is 2.90. The Bertz CT molecular complexity index is 1070. The highest BCUT2D eigenvalue weighted by molar-refractivity contribution is 6.12. The summed E-state index contributed by atoms with van der Waals surface area (Å²) >= 11 is 0. The van der Waals surface area contributed by atoms with Crippen molar-refractivity contribution in [3.05, 3.63) is 70.1 Å². The maximum absolute atomic E-state index is 13.6. The predicted octanol–water partition coefficient (Wildman–Crippen LogP) is 3.96. The Morgan fingerprint density at radius 2 is 1.70 bits per heavy atom. The van der Waals surface area contributed by atoms with Gasteiger partial charge in [-0.1, -0.05) is 36.4 Å². The maximum atomic E-state index is 13.6. The lowest BCUT2D eigenvalue weighted by atomic mass is 10.1. The molecule has 0 unspecified atom stereocenters. The van der Waals surface area contributed by atoms with E-state index in [2.05, 4.69) is 11.2 Å². The number of aromatic nitrogens is 2. The highest BCUT2D eigenvalue weighted by atomic mass is 16.2. The first kappa shape index (κ1) is 17.5. The third kappa shape index (κ3) is 3.03. The third-order valence-electron chi connectivity index (χ3n) is 5.13. The average molecular weight is 361 g/mol. The van der Waals surface area contributed by atoms with Crippen LogP contribution in [0.1, 0.15) is 48.8 Å². The minimum absolute atomic E-state index is 0.120. The van der Waals surface area contributed by atoms with Crippen LogP contribution in [-0.2, 0) is 6.42 Å². The number of amides is 1. The van der Waals surface area contributed by atoms with Crippen molar-refractivity contribution in [2.24, 2.45) is 0 Å². The highest BCUT2D eigenvalue weighted by Gasteiger charge is 2.26. The van der Waals surface area contributed by atoms with Crippen LogP contribution in [-0.4, -0.2) is 22.2 Å². The normalized spacial score (nSPS) is 14.3. The van der Waals surface area contributed by atoms with Gasteiger partial charge in [0, 0.05) is 17.6 Å². The molecular formula is C22H23N3O2. The van der Waals surface area contributed by atoms with E-state index < -0.39 is 0 Å². The first-order chi connectivity index (χ1) is 13.1. The molecule has 5 heteroatoms. The number of para-hydroxylation sites is 1. The maximum Gasteiger partial charge on any atom is 0.279 e. The molecule has 5 nitrogen and oxygen atoms in total. The molecule has 0 bridgehead atoms. The van der Waals surface area contributed by atoms with Gasteiger partial charge in [-0.3, -0.25) is 9.59 Å². The van der Waals surface area contributed by atoms with Crippen LogP contribution >= 0.6 is 0 Å². The SMILES string of the molecule is CC(C)n1nc(C(=O)N2CCCCc3ccccc32)c2ccccc2c1=O. The monoisotopic (exact) mass is 361 g/mol. The number of hydrogen-bond donors (Lipinski definition) is 0. The molecule has 2 heterocycles. The summed E-state index contributed by atoms with van der Waals surface area (Å²) in [4.78, 5) is 28.1. The summed E-state index contributed by atoms with van der Waals surface area (Å²) in [5.74, 6) is -0.144. The quantitative estimate of drug-likeness (QED) is 0.694. The number of benzene rings is 2. The number of nitrogens with zero attached hydrogens (tertiary/aromatic N) is 3. The standard InChI is InChI=1S/C22H23N3O2/c1-15(2)25-21(26)18-12-5-4-11-17(18)20(23-25)22(27)24-14-8-7-10-16-9-3-6-13-19(16)24/h3-6,9,11-13,15H,7-8,10,14H2,1-2H3. The van der Waals surface area contributed by atoms with E-state index in [1.54, 1.807) is 6.07 Å². The van der Waals surface area contributed by atoms with Crippen LogP contribution in [0.25, 0.3) is 10.8 Å². The van der Waals surface area contributed by atoms with Crippen LogP contribution in [0.4, 0.5) is 5.69 Å². The zero-order chi connectivity index (χ0) is 19.0. The Balaban J connectivity index is 1.91. The molecule has 0 atom stereocenters. The fourth-order valence-electron chi connectivity index (χ4n) is 3.74. The van der Waals surface area contributed by atoms with E-state index in [0.717, 1.165) is 24.9 Å². The summed E-state index contributed by atoms with van der Waals surface area (Å²) in [6.45, 7) is 4.46. The molecule has 138 valence electrons. The molecule has 0 spiro atoms. The molecule has 1 aliphatic heterocycles.